The Morgan fingerprint density at radius 1 is 1.10 bits per heavy atom. The summed E-state index contributed by atoms with van der Waals surface area (Å²) in [6.45, 7) is 2.18. The first-order valence-electron chi connectivity index (χ1n) is 12.7. The summed E-state index contributed by atoms with van der Waals surface area (Å²) in [5, 5.41) is 2.41. The molecule has 8 nitrogen and oxygen atoms in total. The lowest BCUT2D eigenvalue weighted by molar-refractivity contribution is -0.274. The monoisotopic (exact) mass is 566 g/mol. The Morgan fingerprint density at radius 3 is 2.60 bits per heavy atom. The predicted molar refractivity (Wildman–Crippen MR) is 134 cm³/mol. The average Bonchev–Trinajstić information content (AvgIpc) is 3.26. The maximum atomic E-state index is 13.9. The summed E-state index contributed by atoms with van der Waals surface area (Å²) in [5.74, 6) is -2.83. The zero-order chi connectivity index (χ0) is 28.9. The van der Waals surface area contributed by atoms with E-state index >= 15 is 0 Å². The first kappa shape index (κ1) is 28.8. The third kappa shape index (κ3) is 6.88. The van der Waals surface area contributed by atoms with Crippen LogP contribution in [0.2, 0.25) is 0 Å². The molecule has 0 bridgehead atoms. The number of rotatable bonds is 9. The van der Waals surface area contributed by atoms with Crippen molar-refractivity contribution in [1.82, 2.24) is 14.9 Å². The lowest BCUT2D eigenvalue weighted by Crippen LogP contribution is -2.34. The summed E-state index contributed by atoms with van der Waals surface area (Å²) >= 11 is 0. The number of anilines is 1. The molecule has 0 aliphatic carbocycles. The summed E-state index contributed by atoms with van der Waals surface area (Å²) < 4.78 is 77.0. The van der Waals surface area contributed by atoms with Gasteiger partial charge in [0.25, 0.3) is 5.91 Å². The van der Waals surface area contributed by atoms with Gasteiger partial charge in [-0.3, -0.25) is 14.3 Å². The zero-order valence-electron chi connectivity index (χ0n) is 21.6. The second-order valence-electron chi connectivity index (χ2n) is 9.10. The van der Waals surface area contributed by atoms with Gasteiger partial charge >= 0.3 is 12.5 Å². The van der Waals surface area contributed by atoms with E-state index in [0.717, 1.165) is 37.1 Å². The van der Waals surface area contributed by atoms with E-state index in [-0.39, 0.29) is 35.9 Å². The maximum absolute atomic E-state index is 13.9. The van der Waals surface area contributed by atoms with Gasteiger partial charge in [0.1, 0.15) is 11.6 Å². The maximum Gasteiger partial charge on any atom is 0.573 e. The number of alkyl halides is 3. The van der Waals surface area contributed by atoms with Crippen LogP contribution in [0.3, 0.4) is 0 Å². The number of nitrogens with zero attached hydrogens (tertiary/aromatic N) is 3. The third-order valence-corrected chi connectivity index (χ3v) is 6.23. The highest BCUT2D eigenvalue weighted by atomic mass is 19.4. The van der Waals surface area contributed by atoms with Gasteiger partial charge in [0.2, 0.25) is 5.88 Å². The number of para-hydroxylation sites is 1. The van der Waals surface area contributed by atoms with Gasteiger partial charge in [-0.05, 0) is 43.5 Å². The standard InChI is InChI=1S/C27H27F5N4O4/c1-2-3-13-36(24(37)17-11-12-19(28)20(29)15-17)23-25(35-14-7-6-10-22(35)34-23)39-26(38)33-16-18-8-4-5-9-21(18)40-27(30,31)32/h4-5,8-9,11-12,15H,2-3,6-7,10,13-14,16H2,1H3,(H,33,38). The third-order valence-electron chi connectivity index (χ3n) is 6.23. The Morgan fingerprint density at radius 2 is 1.88 bits per heavy atom. The summed E-state index contributed by atoms with van der Waals surface area (Å²) in [5.41, 5.74) is -0.0527. The van der Waals surface area contributed by atoms with Crippen LogP contribution in [0.5, 0.6) is 11.6 Å². The Balaban J connectivity index is 1.61. The Hall–Kier alpha value is -4.16. The highest BCUT2D eigenvalue weighted by Gasteiger charge is 2.33. The van der Waals surface area contributed by atoms with Gasteiger partial charge in [0.05, 0.1) is 0 Å². The zero-order valence-corrected chi connectivity index (χ0v) is 21.6. The van der Waals surface area contributed by atoms with Gasteiger partial charge in [-0.2, -0.15) is 0 Å². The summed E-state index contributed by atoms with van der Waals surface area (Å²) in [6, 6.07) is 8.14. The topological polar surface area (TPSA) is 85.7 Å². The molecule has 0 spiro atoms. The summed E-state index contributed by atoms with van der Waals surface area (Å²) in [7, 11) is 0. The number of carbonyl (C=O) groups excluding carboxylic acids is 2. The van der Waals surface area contributed by atoms with Gasteiger partial charge in [-0.1, -0.05) is 31.5 Å². The number of fused-ring (bicyclic) bond motifs is 1. The molecule has 40 heavy (non-hydrogen) atoms. The first-order chi connectivity index (χ1) is 19.1. The number of carbonyl (C=O) groups is 2. The van der Waals surface area contributed by atoms with E-state index < -0.39 is 35.7 Å². The fourth-order valence-electron chi connectivity index (χ4n) is 4.29. The van der Waals surface area contributed by atoms with Gasteiger partial charge in [0.15, 0.2) is 17.5 Å². The molecule has 0 saturated heterocycles. The van der Waals surface area contributed by atoms with E-state index in [4.69, 9.17) is 4.74 Å². The number of ether oxygens (including phenoxy) is 2. The first-order valence-corrected chi connectivity index (χ1v) is 12.7. The Labute approximate surface area is 226 Å². The van der Waals surface area contributed by atoms with Crippen molar-refractivity contribution >= 4 is 17.8 Å². The molecule has 2 amide bonds. The molecule has 4 rings (SSSR count). The molecule has 0 radical (unpaired) electrons. The van der Waals surface area contributed by atoms with Crippen LogP contribution in [0.4, 0.5) is 32.6 Å². The number of aryl methyl sites for hydroxylation is 1. The van der Waals surface area contributed by atoms with Crippen molar-refractivity contribution in [3.8, 4) is 11.6 Å². The van der Waals surface area contributed by atoms with E-state index in [0.29, 0.717) is 31.6 Å². The van der Waals surface area contributed by atoms with Gasteiger partial charge in [0, 0.05) is 37.2 Å². The van der Waals surface area contributed by atoms with Crippen LogP contribution in [0.1, 0.15) is 54.4 Å². The molecule has 214 valence electrons. The van der Waals surface area contributed by atoms with Crippen LogP contribution in [0.25, 0.3) is 0 Å². The number of halogens is 5. The molecular weight excluding hydrogens is 539 g/mol. The molecule has 2 heterocycles. The van der Waals surface area contributed by atoms with Gasteiger partial charge in [-0.25, -0.2) is 18.6 Å². The number of hydrogen-bond donors (Lipinski definition) is 1. The van der Waals surface area contributed by atoms with Crippen molar-refractivity contribution in [2.45, 2.75) is 58.5 Å². The minimum atomic E-state index is -4.91. The quantitative estimate of drug-likeness (QED) is 0.315. The minimum Gasteiger partial charge on any atom is -0.405 e. The van der Waals surface area contributed by atoms with Crippen molar-refractivity contribution in [2.24, 2.45) is 0 Å². The molecule has 13 heteroatoms. The Bertz CT molecular complexity index is 1380. The van der Waals surface area contributed by atoms with Crippen molar-refractivity contribution in [3.05, 3.63) is 71.1 Å². The normalized spacial score (nSPS) is 12.9. The molecule has 1 aromatic heterocycles. The second kappa shape index (κ2) is 12.3. The highest BCUT2D eigenvalue weighted by Crippen LogP contribution is 2.34. The fourth-order valence-corrected chi connectivity index (χ4v) is 4.29. The molecule has 3 aromatic rings. The smallest absolute Gasteiger partial charge is 0.405 e. The van der Waals surface area contributed by atoms with Crippen LogP contribution in [-0.2, 0) is 19.5 Å². The van der Waals surface area contributed by atoms with Crippen molar-refractivity contribution in [2.75, 3.05) is 11.4 Å². The number of imidazole rings is 1. The number of amides is 2. The molecule has 1 aliphatic heterocycles. The van der Waals surface area contributed by atoms with Crippen LogP contribution in [-0.4, -0.2) is 34.5 Å². The van der Waals surface area contributed by atoms with Crippen LogP contribution >= 0.6 is 0 Å². The molecule has 2 aromatic carbocycles. The Kier molecular flexibility index (Phi) is 8.90. The number of aromatic nitrogens is 2. The highest BCUT2D eigenvalue weighted by molar-refractivity contribution is 6.06. The molecule has 0 atom stereocenters. The molecular formula is C27H27F5N4O4. The van der Waals surface area contributed by atoms with Gasteiger partial charge in [-0.15, -0.1) is 13.2 Å². The van der Waals surface area contributed by atoms with Crippen molar-refractivity contribution in [3.63, 3.8) is 0 Å². The molecule has 0 saturated carbocycles. The van der Waals surface area contributed by atoms with Crippen LogP contribution in [0, 0.1) is 11.6 Å². The summed E-state index contributed by atoms with van der Waals surface area (Å²) in [6.07, 6.45) is -2.53. The fraction of sp³-hybridized carbons (Fsp3) is 0.370. The van der Waals surface area contributed by atoms with Crippen LogP contribution in [0.15, 0.2) is 42.5 Å². The van der Waals surface area contributed by atoms with Crippen molar-refractivity contribution in [1.29, 1.82) is 0 Å². The lowest BCUT2D eigenvalue weighted by atomic mass is 10.1. The molecule has 0 fully saturated rings. The number of nitrogens with one attached hydrogen (secondary N) is 1. The molecule has 0 unspecified atom stereocenters. The second-order valence-corrected chi connectivity index (χ2v) is 9.10. The van der Waals surface area contributed by atoms with Gasteiger partial charge < -0.3 is 14.8 Å². The molecule has 1 aliphatic rings. The molecule has 1 N–H and O–H groups in total. The summed E-state index contributed by atoms with van der Waals surface area (Å²) in [4.78, 5) is 32.1. The average molecular weight is 567 g/mol. The van der Waals surface area contributed by atoms with E-state index in [1.54, 1.807) is 4.57 Å². The van der Waals surface area contributed by atoms with E-state index in [1.165, 1.54) is 23.1 Å². The van der Waals surface area contributed by atoms with E-state index in [2.05, 4.69) is 15.0 Å². The van der Waals surface area contributed by atoms with E-state index in [1.807, 2.05) is 6.92 Å². The largest absolute Gasteiger partial charge is 0.573 e. The van der Waals surface area contributed by atoms with E-state index in [9.17, 15) is 31.5 Å². The van der Waals surface area contributed by atoms with Crippen molar-refractivity contribution < 1.29 is 41.0 Å². The lowest BCUT2D eigenvalue weighted by Gasteiger charge is -2.22. The minimum absolute atomic E-state index is 0.0286. The number of unbranched alkanes of at least 4 members (excludes halogenated alkanes) is 1. The van der Waals surface area contributed by atoms with Crippen LogP contribution < -0.4 is 19.7 Å². The number of hydrogen-bond acceptors (Lipinski definition) is 5. The predicted octanol–water partition coefficient (Wildman–Crippen LogP) is 6.13. The number of benzene rings is 2. The SMILES string of the molecule is CCCCN(C(=O)c1ccc(F)c(F)c1)c1nc2n(c1OC(=O)NCc1ccccc1OC(F)(F)F)CCCC2.